The second-order valence-corrected chi connectivity index (χ2v) is 6.23. The normalized spacial score (nSPS) is 15.3. The lowest BCUT2D eigenvalue weighted by atomic mass is 10.2. The molecule has 0 amide bonds. The molecule has 0 unspecified atom stereocenters. The van der Waals surface area contributed by atoms with Crippen LogP contribution >= 0.6 is 28.3 Å². The Balaban J connectivity index is 0.00000192. The van der Waals surface area contributed by atoms with Gasteiger partial charge in [-0.15, -0.1) is 12.4 Å². The third-order valence-corrected chi connectivity index (χ3v) is 4.23. The summed E-state index contributed by atoms with van der Waals surface area (Å²) in [5.74, 6) is 1.07. The average Bonchev–Trinajstić information content (AvgIpc) is 2.97. The minimum Gasteiger partial charge on any atom is -0.356 e. The molecule has 3 nitrogen and oxygen atoms in total. The lowest BCUT2D eigenvalue weighted by Gasteiger charge is -2.19. The van der Waals surface area contributed by atoms with Crippen molar-refractivity contribution >= 4 is 39.9 Å². The van der Waals surface area contributed by atoms with Gasteiger partial charge in [-0.05, 0) is 30.2 Å². The molecular weight excluding hydrogens is 374 g/mol. The minimum atomic E-state index is 0. The second kappa shape index (κ2) is 8.14. The molecule has 1 heterocycles. The summed E-state index contributed by atoms with van der Waals surface area (Å²) in [5, 5.41) is 9.26. The van der Waals surface area contributed by atoms with Gasteiger partial charge in [0, 0.05) is 24.0 Å². The monoisotopic (exact) mass is 389 g/mol. The van der Waals surface area contributed by atoms with E-state index < -0.39 is 0 Å². The Hall–Kier alpha value is -1.83. The lowest BCUT2D eigenvalue weighted by Crippen LogP contribution is -2.24. The maximum absolute atomic E-state index is 9.26. The number of amidine groups is 1. The third kappa shape index (κ3) is 4.34. The van der Waals surface area contributed by atoms with Gasteiger partial charge in [-0.2, -0.15) is 5.26 Å². The first-order chi connectivity index (χ1) is 10.8. The van der Waals surface area contributed by atoms with Gasteiger partial charge in [-0.25, -0.2) is 4.99 Å². The number of aliphatic imine (C=N–C) groups is 1. The van der Waals surface area contributed by atoms with Crippen molar-refractivity contribution < 1.29 is 0 Å². The molecule has 1 saturated heterocycles. The molecule has 118 valence electrons. The molecule has 2 aromatic rings. The summed E-state index contributed by atoms with van der Waals surface area (Å²) in [7, 11) is 0. The van der Waals surface area contributed by atoms with Gasteiger partial charge in [0.1, 0.15) is 11.9 Å². The molecular formula is C18H17BrClN3. The number of rotatable bonds is 3. The number of nitriles is 1. The van der Waals surface area contributed by atoms with Crippen LogP contribution in [0, 0.1) is 11.3 Å². The van der Waals surface area contributed by atoms with Gasteiger partial charge in [0.05, 0.1) is 11.3 Å². The zero-order chi connectivity index (χ0) is 15.4. The van der Waals surface area contributed by atoms with Crippen LogP contribution in [0.2, 0.25) is 0 Å². The van der Waals surface area contributed by atoms with Gasteiger partial charge >= 0.3 is 0 Å². The molecule has 0 radical (unpaired) electrons. The standard InChI is InChI=1S/C18H16BrN3.ClH/c19-16-8-9-17(15(11-16)12-20)21-18-7-4-10-22(18)13-14-5-2-1-3-6-14;/h1-3,5-6,8-9,11H,4,7,10,13H2;1H. The van der Waals surface area contributed by atoms with Crippen molar-refractivity contribution in [2.75, 3.05) is 6.54 Å². The Kier molecular flexibility index (Phi) is 6.20. The first-order valence-electron chi connectivity index (χ1n) is 7.32. The number of halogens is 2. The molecule has 1 aliphatic heterocycles. The van der Waals surface area contributed by atoms with Crippen molar-refractivity contribution in [2.45, 2.75) is 19.4 Å². The van der Waals surface area contributed by atoms with Crippen LogP contribution in [0.25, 0.3) is 0 Å². The topological polar surface area (TPSA) is 39.4 Å². The van der Waals surface area contributed by atoms with E-state index in [1.807, 2.05) is 24.3 Å². The fraction of sp³-hybridized carbons (Fsp3) is 0.222. The third-order valence-electron chi connectivity index (χ3n) is 3.74. The quantitative estimate of drug-likeness (QED) is 0.734. The summed E-state index contributed by atoms with van der Waals surface area (Å²) in [6, 6.07) is 18.3. The molecule has 0 atom stereocenters. The first-order valence-corrected chi connectivity index (χ1v) is 8.11. The molecule has 0 spiro atoms. The molecule has 3 rings (SSSR count). The highest BCUT2D eigenvalue weighted by Crippen LogP contribution is 2.26. The maximum Gasteiger partial charge on any atom is 0.105 e. The Morgan fingerprint density at radius 3 is 2.70 bits per heavy atom. The van der Waals surface area contributed by atoms with E-state index in [1.54, 1.807) is 0 Å². The summed E-state index contributed by atoms with van der Waals surface area (Å²) in [6.45, 7) is 1.89. The minimum absolute atomic E-state index is 0. The average molecular weight is 391 g/mol. The van der Waals surface area contributed by atoms with Gasteiger partial charge in [-0.3, -0.25) is 0 Å². The zero-order valence-corrected chi connectivity index (χ0v) is 15.0. The molecule has 23 heavy (non-hydrogen) atoms. The molecule has 1 fully saturated rings. The summed E-state index contributed by atoms with van der Waals surface area (Å²) < 4.78 is 0.903. The molecule has 0 bridgehead atoms. The van der Waals surface area contributed by atoms with Crippen LogP contribution < -0.4 is 0 Å². The van der Waals surface area contributed by atoms with Crippen LogP contribution in [0.15, 0.2) is 58.0 Å². The van der Waals surface area contributed by atoms with Crippen molar-refractivity contribution in [3.05, 3.63) is 64.1 Å². The zero-order valence-electron chi connectivity index (χ0n) is 12.6. The molecule has 0 N–H and O–H groups in total. The summed E-state index contributed by atoms with van der Waals surface area (Å²) >= 11 is 3.40. The van der Waals surface area contributed by atoms with Crippen LogP contribution in [0.1, 0.15) is 24.0 Å². The Bertz CT molecular complexity index is 738. The number of nitrogens with zero attached hydrogens (tertiary/aromatic N) is 3. The molecule has 0 aliphatic carbocycles. The molecule has 0 aromatic heterocycles. The number of hydrogen-bond donors (Lipinski definition) is 0. The summed E-state index contributed by atoms with van der Waals surface area (Å²) in [5.41, 5.74) is 2.64. The fourth-order valence-corrected chi connectivity index (χ4v) is 3.01. The van der Waals surface area contributed by atoms with Crippen molar-refractivity contribution in [1.82, 2.24) is 4.90 Å². The molecule has 2 aromatic carbocycles. The van der Waals surface area contributed by atoms with Crippen molar-refractivity contribution in [3.63, 3.8) is 0 Å². The molecule has 1 aliphatic rings. The summed E-state index contributed by atoms with van der Waals surface area (Å²) in [4.78, 5) is 7.05. The predicted octanol–water partition coefficient (Wildman–Crippen LogP) is 5.07. The van der Waals surface area contributed by atoms with Crippen molar-refractivity contribution in [1.29, 1.82) is 5.26 Å². The van der Waals surface area contributed by atoms with Gasteiger partial charge in [0.2, 0.25) is 0 Å². The van der Waals surface area contributed by atoms with E-state index in [0.29, 0.717) is 5.56 Å². The fourth-order valence-electron chi connectivity index (χ4n) is 2.65. The number of benzene rings is 2. The van der Waals surface area contributed by atoms with Crippen LogP contribution in [-0.2, 0) is 6.54 Å². The largest absolute Gasteiger partial charge is 0.356 e. The number of hydrogen-bond acceptors (Lipinski definition) is 2. The second-order valence-electron chi connectivity index (χ2n) is 5.31. The van der Waals surface area contributed by atoms with Crippen molar-refractivity contribution in [3.8, 4) is 6.07 Å². The Morgan fingerprint density at radius 2 is 1.96 bits per heavy atom. The first kappa shape index (κ1) is 17.5. The van der Waals surface area contributed by atoms with E-state index in [1.165, 1.54) is 5.56 Å². The number of likely N-dealkylation sites (tertiary alicyclic amines) is 1. The Labute approximate surface area is 151 Å². The van der Waals surface area contributed by atoms with E-state index >= 15 is 0 Å². The predicted molar refractivity (Wildman–Crippen MR) is 99.3 cm³/mol. The van der Waals surface area contributed by atoms with Crippen molar-refractivity contribution in [2.24, 2.45) is 4.99 Å². The highest BCUT2D eigenvalue weighted by molar-refractivity contribution is 9.10. The van der Waals surface area contributed by atoms with Crippen LogP contribution in [-0.4, -0.2) is 17.3 Å². The van der Waals surface area contributed by atoms with Gasteiger partial charge in [0.15, 0.2) is 0 Å². The lowest BCUT2D eigenvalue weighted by molar-refractivity contribution is 0.448. The van der Waals surface area contributed by atoms with E-state index in [2.05, 4.69) is 51.2 Å². The van der Waals surface area contributed by atoms with Gasteiger partial charge in [0.25, 0.3) is 0 Å². The van der Waals surface area contributed by atoms with E-state index in [0.717, 1.165) is 41.9 Å². The van der Waals surface area contributed by atoms with Crippen LogP contribution in [0.4, 0.5) is 5.69 Å². The smallest absolute Gasteiger partial charge is 0.105 e. The maximum atomic E-state index is 9.26. The SMILES string of the molecule is Cl.N#Cc1cc(Br)ccc1N=C1CCCN1Cc1ccccc1. The Morgan fingerprint density at radius 1 is 1.17 bits per heavy atom. The van der Waals surface area contributed by atoms with E-state index in [4.69, 9.17) is 4.99 Å². The highest BCUT2D eigenvalue weighted by atomic mass is 79.9. The van der Waals surface area contributed by atoms with Gasteiger partial charge < -0.3 is 4.90 Å². The van der Waals surface area contributed by atoms with Crippen LogP contribution in [0.3, 0.4) is 0 Å². The highest BCUT2D eigenvalue weighted by Gasteiger charge is 2.19. The summed E-state index contributed by atoms with van der Waals surface area (Å²) in [6.07, 6.45) is 2.08. The molecule has 5 heteroatoms. The van der Waals surface area contributed by atoms with E-state index in [9.17, 15) is 5.26 Å². The molecule has 0 saturated carbocycles. The van der Waals surface area contributed by atoms with Crippen LogP contribution in [0.5, 0.6) is 0 Å². The van der Waals surface area contributed by atoms with E-state index in [-0.39, 0.29) is 12.4 Å². The van der Waals surface area contributed by atoms with Gasteiger partial charge in [-0.1, -0.05) is 46.3 Å².